The molecule has 4 rings (SSSR count). The molecule has 1 aliphatic heterocycles. The molecule has 180 valence electrons. The predicted molar refractivity (Wildman–Crippen MR) is 120 cm³/mol. The molecule has 2 aromatic carbocycles. The van der Waals surface area contributed by atoms with Crippen molar-refractivity contribution in [1.29, 1.82) is 0 Å². The number of amides is 2. The Bertz CT molecular complexity index is 1080. The Hall–Kier alpha value is -3.49. The number of alkyl carbamates (subject to hydrolysis) is 1. The van der Waals surface area contributed by atoms with E-state index in [4.69, 9.17) is 4.74 Å². The molecule has 0 saturated carbocycles. The molecule has 3 atom stereocenters. The summed E-state index contributed by atoms with van der Waals surface area (Å²) in [6.45, 7) is 2.15. The van der Waals surface area contributed by atoms with Crippen LogP contribution in [-0.2, 0) is 14.3 Å². The number of fused-ring (bicyclic) bond motifs is 3. The molecule has 2 aliphatic rings. The number of alkyl halides is 2. The second kappa shape index (κ2) is 9.04. The minimum absolute atomic E-state index is 0.0916. The van der Waals surface area contributed by atoms with Crippen molar-refractivity contribution in [2.24, 2.45) is 5.92 Å². The summed E-state index contributed by atoms with van der Waals surface area (Å²) in [6, 6.07) is 13.5. The van der Waals surface area contributed by atoms with E-state index in [1.807, 2.05) is 48.5 Å². The SMILES string of the molecule is CC(NC(=O)OCC1c2ccccc2-c2ccccc21)C(C)C(=O)N1CC(F)(F)CC1C(=O)O. The van der Waals surface area contributed by atoms with E-state index in [2.05, 4.69) is 5.32 Å². The number of carbonyl (C=O) groups is 3. The van der Waals surface area contributed by atoms with Gasteiger partial charge in [0.1, 0.15) is 12.6 Å². The molecule has 1 heterocycles. The van der Waals surface area contributed by atoms with Gasteiger partial charge in [0.15, 0.2) is 0 Å². The van der Waals surface area contributed by atoms with E-state index < -0.39 is 54.9 Å². The minimum atomic E-state index is -3.26. The van der Waals surface area contributed by atoms with Gasteiger partial charge in [-0.2, -0.15) is 0 Å². The van der Waals surface area contributed by atoms with Crippen LogP contribution in [0.2, 0.25) is 0 Å². The van der Waals surface area contributed by atoms with Crippen LogP contribution in [-0.4, -0.2) is 59.1 Å². The molecule has 1 aliphatic carbocycles. The highest BCUT2D eigenvalue weighted by Gasteiger charge is 2.51. The molecule has 1 saturated heterocycles. The van der Waals surface area contributed by atoms with E-state index in [0.29, 0.717) is 4.90 Å². The van der Waals surface area contributed by atoms with Gasteiger partial charge in [-0.1, -0.05) is 55.5 Å². The number of likely N-dealkylation sites (tertiary alicyclic amines) is 1. The highest BCUT2D eigenvalue weighted by molar-refractivity contribution is 5.86. The Labute approximate surface area is 195 Å². The molecule has 34 heavy (non-hydrogen) atoms. The average molecular weight is 472 g/mol. The lowest BCUT2D eigenvalue weighted by Crippen LogP contribution is -2.49. The van der Waals surface area contributed by atoms with Gasteiger partial charge >= 0.3 is 12.1 Å². The predicted octanol–water partition coefficient (Wildman–Crippen LogP) is 3.87. The Morgan fingerprint density at radius 3 is 2.21 bits per heavy atom. The number of benzene rings is 2. The van der Waals surface area contributed by atoms with Crippen LogP contribution in [0.4, 0.5) is 13.6 Å². The number of halogens is 2. The first-order valence-electron chi connectivity index (χ1n) is 11.1. The first-order chi connectivity index (χ1) is 16.1. The first kappa shape index (κ1) is 23.7. The summed E-state index contributed by atoms with van der Waals surface area (Å²) < 4.78 is 33.0. The number of hydrogen-bond acceptors (Lipinski definition) is 4. The molecule has 2 aromatic rings. The molecular formula is C25H26F2N2O5. The van der Waals surface area contributed by atoms with Crippen molar-refractivity contribution in [3.8, 4) is 11.1 Å². The van der Waals surface area contributed by atoms with Gasteiger partial charge in [-0.3, -0.25) is 4.79 Å². The van der Waals surface area contributed by atoms with E-state index >= 15 is 0 Å². The summed E-state index contributed by atoms with van der Waals surface area (Å²) >= 11 is 0. The van der Waals surface area contributed by atoms with Crippen molar-refractivity contribution in [3.63, 3.8) is 0 Å². The van der Waals surface area contributed by atoms with Gasteiger partial charge in [0.2, 0.25) is 5.91 Å². The van der Waals surface area contributed by atoms with Crippen molar-refractivity contribution in [1.82, 2.24) is 10.2 Å². The smallest absolute Gasteiger partial charge is 0.407 e. The number of carboxylic acid groups (broad SMARTS) is 1. The molecule has 1 fully saturated rings. The molecule has 0 bridgehead atoms. The normalized spacial score (nSPS) is 20.2. The number of carboxylic acids is 1. The summed E-state index contributed by atoms with van der Waals surface area (Å²) in [6.07, 6.45) is -1.66. The molecule has 2 N–H and O–H groups in total. The Morgan fingerprint density at radius 1 is 1.09 bits per heavy atom. The Kier molecular flexibility index (Phi) is 6.29. The van der Waals surface area contributed by atoms with Gasteiger partial charge in [-0.25, -0.2) is 18.4 Å². The van der Waals surface area contributed by atoms with Crippen LogP contribution in [0.1, 0.15) is 37.3 Å². The largest absolute Gasteiger partial charge is 0.480 e. The van der Waals surface area contributed by atoms with E-state index in [-0.39, 0.29) is 12.5 Å². The highest BCUT2D eigenvalue weighted by atomic mass is 19.3. The van der Waals surface area contributed by atoms with E-state index in [9.17, 15) is 28.3 Å². The zero-order valence-corrected chi connectivity index (χ0v) is 18.8. The van der Waals surface area contributed by atoms with Crippen LogP contribution < -0.4 is 5.32 Å². The molecule has 0 radical (unpaired) electrons. The maximum absolute atomic E-state index is 13.8. The second-order valence-corrected chi connectivity index (χ2v) is 8.93. The number of rotatable bonds is 6. The maximum atomic E-state index is 13.8. The summed E-state index contributed by atoms with van der Waals surface area (Å²) in [4.78, 5) is 37.3. The number of nitrogens with zero attached hydrogens (tertiary/aromatic N) is 1. The van der Waals surface area contributed by atoms with Gasteiger partial charge < -0.3 is 20.1 Å². The number of nitrogens with one attached hydrogen (secondary N) is 1. The zero-order chi connectivity index (χ0) is 24.6. The fourth-order valence-electron chi connectivity index (χ4n) is 4.70. The van der Waals surface area contributed by atoms with Crippen molar-refractivity contribution in [2.75, 3.05) is 13.2 Å². The van der Waals surface area contributed by atoms with Crippen LogP contribution in [0.3, 0.4) is 0 Å². The molecule has 7 nitrogen and oxygen atoms in total. The highest BCUT2D eigenvalue weighted by Crippen LogP contribution is 2.44. The van der Waals surface area contributed by atoms with Gasteiger partial charge in [-0.15, -0.1) is 0 Å². The molecule has 2 amide bonds. The second-order valence-electron chi connectivity index (χ2n) is 8.93. The van der Waals surface area contributed by atoms with Crippen LogP contribution in [0.5, 0.6) is 0 Å². The number of carbonyl (C=O) groups excluding carboxylic acids is 2. The number of hydrogen-bond donors (Lipinski definition) is 2. The molecule has 0 spiro atoms. The lowest BCUT2D eigenvalue weighted by molar-refractivity contribution is -0.150. The van der Waals surface area contributed by atoms with Gasteiger partial charge in [0, 0.05) is 18.4 Å². The summed E-state index contributed by atoms with van der Waals surface area (Å²) in [5.41, 5.74) is 4.30. The van der Waals surface area contributed by atoms with Crippen molar-refractivity contribution in [2.45, 2.75) is 44.2 Å². The standard InChI is InChI=1S/C25H26F2N2O5/c1-14(22(30)29-13-25(26,27)11-21(29)23(31)32)15(2)28-24(33)34-12-20-18-9-5-3-7-16(18)17-8-4-6-10-19(17)20/h3-10,14-15,20-21H,11-13H2,1-2H3,(H,28,33)(H,31,32). The summed E-state index contributed by atoms with van der Waals surface area (Å²) in [7, 11) is 0. The Morgan fingerprint density at radius 2 is 1.65 bits per heavy atom. The summed E-state index contributed by atoms with van der Waals surface area (Å²) in [5.74, 6) is -6.54. The van der Waals surface area contributed by atoms with Crippen molar-refractivity contribution >= 4 is 18.0 Å². The van der Waals surface area contributed by atoms with Gasteiger partial charge in [-0.05, 0) is 29.2 Å². The summed E-state index contributed by atoms with van der Waals surface area (Å²) in [5, 5.41) is 11.8. The van der Waals surface area contributed by atoms with Gasteiger partial charge in [0.05, 0.1) is 12.5 Å². The monoisotopic (exact) mass is 472 g/mol. The minimum Gasteiger partial charge on any atom is -0.480 e. The number of aliphatic carboxylic acids is 1. The lowest BCUT2D eigenvalue weighted by Gasteiger charge is -2.28. The molecule has 9 heteroatoms. The molecular weight excluding hydrogens is 446 g/mol. The van der Waals surface area contributed by atoms with E-state index in [1.165, 1.54) is 6.92 Å². The quantitative estimate of drug-likeness (QED) is 0.666. The fraction of sp³-hybridized carbons (Fsp3) is 0.400. The molecule has 0 aromatic heterocycles. The van der Waals surface area contributed by atoms with E-state index in [0.717, 1.165) is 22.3 Å². The zero-order valence-electron chi connectivity index (χ0n) is 18.8. The Balaban J connectivity index is 1.37. The lowest BCUT2D eigenvalue weighted by atomic mass is 9.98. The fourth-order valence-corrected chi connectivity index (χ4v) is 4.70. The van der Waals surface area contributed by atoms with E-state index in [1.54, 1.807) is 6.92 Å². The maximum Gasteiger partial charge on any atom is 0.407 e. The van der Waals surface area contributed by atoms with Crippen molar-refractivity contribution < 1.29 is 33.0 Å². The third-order valence-corrected chi connectivity index (χ3v) is 6.67. The third-order valence-electron chi connectivity index (χ3n) is 6.67. The van der Waals surface area contributed by atoms with Crippen molar-refractivity contribution in [3.05, 3.63) is 59.7 Å². The number of ether oxygens (including phenoxy) is 1. The first-order valence-corrected chi connectivity index (χ1v) is 11.1. The topological polar surface area (TPSA) is 95.9 Å². The van der Waals surface area contributed by atoms with Crippen LogP contribution >= 0.6 is 0 Å². The van der Waals surface area contributed by atoms with Crippen LogP contribution in [0.15, 0.2) is 48.5 Å². The third kappa shape index (κ3) is 4.47. The average Bonchev–Trinajstić information content (AvgIpc) is 3.31. The molecule has 3 unspecified atom stereocenters. The van der Waals surface area contributed by atoms with Crippen LogP contribution in [0, 0.1) is 5.92 Å². The van der Waals surface area contributed by atoms with Crippen LogP contribution in [0.25, 0.3) is 11.1 Å². The van der Waals surface area contributed by atoms with Gasteiger partial charge in [0.25, 0.3) is 5.92 Å².